The van der Waals surface area contributed by atoms with E-state index < -0.39 is 0 Å². The van der Waals surface area contributed by atoms with E-state index in [1.54, 1.807) is 11.8 Å². The van der Waals surface area contributed by atoms with Gasteiger partial charge in [-0.15, -0.1) is 0 Å². The molecule has 2 unspecified atom stereocenters. The van der Waals surface area contributed by atoms with Crippen LogP contribution < -0.4 is 0 Å². The van der Waals surface area contributed by atoms with Crippen molar-refractivity contribution in [2.75, 3.05) is 13.1 Å². The minimum absolute atomic E-state index is 0.152. The molecule has 0 saturated carbocycles. The summed E-state index contributed by atoms with van der Waals surface area (Å²) in [5.74, 6) is 1.99. The monoisotopic (exact) mass is 517 g/mol. The molecule has 2 saturated heterocycles. The van der Waals surface area contributed by atoms with Gasteiger partial charge in [-0.2, -0.15) is 0 Å². The molecule has 2 aliphatic heterocycles. The van der Waals surface area contributed by atoms with E-state index in [0.717, 1.165) is 18.3 Å². The van der Waals surface area contributed by atoms with Crippen molar-refractivity contribution in [2.45, 2.75) is 130 Å². The van der Waals surface area contributed by atoms with Gasteiger partial charge in [-0.05, 0) is 93.3 Å². The van der Waals surface area contributed by atoms with Crippen molar-refractivity contribution in [3.05, 3.63) is 29.8 Å². The third-order valence-corrected chi connectivity index (χ3v) is 9.46. The van der Waals surface area contributed by atoms with Crippen LogP contribution in [0.3, 0.4) is 0 Å². The second-order valence-electron chi connectivity index (χ2n) is 11.9. The van der Waals surface area contributed by atoms with Gasteiger partial charge in [0.25, 0.3) is 0 Å². The minimum atomic E-state index is -0.388. The lowest BCUT2D eigenvalue weighted by atomic mass is 9.78. The van der Waals surface area contributed by atoms with Crippen LogP contribution in [0.2, 0.25) is 0 Å². The van der Waals surface area contributed by atoms with Gasteiger partial charge in [0, 0.05) is 24.0 Å². The second kappa shape index (κ2) is 15.2. The first-order valence-corrected chi connectivity index (χ1v) is 14.9. The highest BCUT2D eigenvalue weighted by Crippen LogP contribution is 2.35. The molecule has 0 spiro atoms. The fraction of sp³-hybridized carbons (Fsp3) is 0.742. The molecule has 0 bridgehead atoms. The van der Waals surface area contributed by atoms with E-state index >= 15 is 0 Å². The predicted molar refractivity (Wildman–Crippen MR) is 159 cm³/mol. The maximum absolute atomic E-state index is 11.1. The predicted octanol–water partition coefficient (Wildman–Crippen LogP) is 8.59. The van der Waals surface area contributed by atoms with Crippen molar-refractivity contribution in [1.82, 2.24) is 9.21 Å². The van der Waals surface area contributed by atoms with Crippen molar-refractivity contribution in [1.29, 1.82) is 5.41 Å². The fourth-order valence-electron chi connectivity index (χ4n) is 4.48. The quantitative estimate of drug-likeness (QED) is 0.213. The first-order valence-electron chi connectivity index (χ1n) is 14.2. The van der Waals surface area contributed by atoms with E-state index in [4.69, 9.17) is 5.41 Å². The Bertz CT molecular complexity index is 784. The van der Waals surface area contributed by atoms with Crippen molar-refractivity contribution in [3.63, 3.8) is 0 Å². The lowest BCUT2D eigenvalue weighted by Gasteiger charge is -2.53. The summed E-state index contributed by atoms with van der Waals surface area (Å²) in [5.41, 5.74) is 1.36. The van der Waals surface area contributed by atoms with Gasteiger partial charge in [-0.25, -0.2) is 4.31 Å². The number of Topliss-reactive ketones (excluding diaryl/α,β-unsaturated/α-hetero) is 1. The van der Waals surface area contributed by atoms with Gasteiger partial charge in [0.15, 0.2) is 5.78 Å². The third kappa shape index (κ3) is 9.52. The Labute approximate surface area is 227 Å². The molecule has 36 heavy (non-hydrogen) atoms. The number of benzene rings is 1. The van der Waals surface area contributed by atoms with Crippen molar-refractivity contribution in [3.8, 4) is 0 Å². The van der Waals surface area contributed by atoms with E-state index in [0.29, 0.717) is 11.5 Å². The van der Waals surface area contributed by atoms with Crippen LogP contribution >= 0.6 is 11.9 Å². The zero-order valence-corrected chi connectivity index (χ0v) is 25.8. The Kier molecular flexibility index (Phi) is 13.8. The van der Waals surface area contributed by atoms with Gasteiger partial charge < -0.3 is 4.90 Å². The Morgan fingerprint density at radius 2 is 1.69 bits per heavy atom. The SMILES string of the molecule is CC(=O)C1(C)CC(C)N1C=N.CCC(C)C.CCC1CCN(Sc2ccc(C(C)(C)CC)cc2)CC1. The molecular formula is C31H55N3OS. The minimum Gasteiger partial charge on any atom is -0.348 e. The Morgan fingerprint density at radius 3 is 2.03 bits per heavy atom. The topological polar surface area (TPSA) is 47.4 Å². The number of carbonyl (C=O) groups excluding carboxylic acids is 1. The molecular weight excluding hydrogens is 462 g/mol. The van der Waals surface area contributed by atoms with Gasteiger partial charge in [-0.1, -0.05) is 73.4 Å². The largest absolute Gasteiger partial charge is 0.348 e. The summed E-state index contributed by atoms with van der Waals surface area (Å²) in [6.45, 7) is 23.9. The summed E-state index contributed by atoms with van der Waals surface area (Å²) in [6.07, 6.45) is 8.70. The van der Waals surface area contributed by atoms with Gasteiger partial charge in [0.1, 0.15) is 0 Å². The van der Waals surface area contributed by atoms with Crippen molar-refractivity contribution in [2.24, 2.45) is 11.8 Å². The zero-order chi connectivity index (χ0) is 27.5. The summed E-state index contributed by atoms with van der Waals surface area (Å²) in [5, 5.41) is 7.09. The maximum Gasteiger partial charge on any atom is 0.155 e. The molecule has 1 aromatic carbocycles. The molecule has 2 atom stereocenters. The smallest absolute Gasteiger partial charge is 0.155 e. The highest BCUT2D eigenvalue weighted by Gasteiger charge is 2.47. The lowest BCUT2D eigenvalue weighted by Crippen LogP contribution is -2.65. The van der Waals surface area contributed by atoms with Crippen LogP contribution in [0.15, 0.2) is 29.2 Å². The van der Waals surface area contributed by atoms with Crippen LogP contribution in [0, 0.1) is 17.2 Å². The summed E-state index contributed by atoms with van der Waals surface area (Å²) in [4.78, 5) is 14.3. The van der Waals surface area contributed by atoms with Crippen LogP contribution in [0.4, 0.5) is 0 Å². The van der Waals surface area contributed by atoms with E-state index in [9.17, 15) is 4.79 Å². The molecule has 5 heteroatoms. The molecule has 2 heterocycles. The van der Waals surface area contributed by atoms with Gasteiger partial charge in [-0.3, -0.25) is 10.2 Å². The van der Waals surface area contributed by atoms with Gasteiger partial charge >= 0.3 is 0 Å². The number of ketones is 1. The number of carbonyl (C=O) groups is 1. The standard InChI is InChI=1S/C18H29NS.C8H14N2O.C5H12/c1-5-15-11-13-19(14-12-15)20-17-9-7-16(8-10-17)18(3,4)6-2;1-6-4-8(3,7(2)11)10(6)5-9;1-4-5(2)3/h7-10,15H,5-6,11-14H2,1-4H3;5-6,9H,4H2,1-3H3;5H,4H2,1-3H3. The van der Waals surface area contributed by atoms with Crippen LogP contribution in [0.5, 0.6) is 0 Å². The highest BCUT2D eigenvalue weighted by atomic mass is 32.2. The van der Waals surface area contributed by atoms with Crippen LogP contribution in [-0.4, -0.2) is 46.0 Å². The number of piperidine rings is 1. The van der Waals surface area contributed by atoms with E-state index in [1.807, 2.05) is 25.8 Å². The number of likely N-dealkylation sites (tertiary alicyclic amines) is 1. The zero-order valence-electron chi connectivity index (χ0n) is 25.0. The van der Waals surface area contributed by atoms with Crippen LogP contribution in [0.25, 0.3) is 0 Å². The molecule has 0 aliphatic carbocycles. The molecule has 0 amide bonds. The summed E-state index contributed by atoms with van der Waals surface area (Å²) >= 11 is 1.94. The fourth-order valence-corrected chi connectivity index (χ4v) is 5.43. The summed E-state index contributed by atoms with van der Waals surface area (Å²) < 4.78 is 2.53. The normalized spacial score (nSPS) is 22.6. The molecule has 0 radical (unpaired) electrons. The number of hydrogen-bond donors (Lipinski definition) is 1. The number of nitrogens with zero attached hydrogens (tertiary/aromatic N) is 2. The maximum atomic E-state index is 11.1. The molecule has 2 aliphatic rings. The highest BCUT2D eigenvalue weighted by molar-refractivity contribution is 7.97. The van der Waals surface area contributed by atoms with Crippen LogP contribution in [0.1, 0.15) is 113 Å². The van der Waals surface area contributed by atoms with E-state index in [2.05, 4.69) is 77.0 Å². The van der Waals surface area contributed by atoms with Gasteiger partial charge in [0.2, 0.25) is 0 Å². The van der Waals surface area contributed by atoms with E-state index in [1.165, 1.54) is 62.0 Å². The first-order chi connectivity index (χ1) is 16.8. The molecule has 4 nitrogen and oxygen atoms in total. The third-order valence-electron chi connectivity index (χ3n) is 8.36. The van der Waals surface area contributed by atoms with Crippen molar-refractivity contribution >= 4 is 24.1 Å². The van der Waals surface area contributed by atoms with Crippen molar-refractivity contribution < 1.29 is 4.79 Å². The number of rotatable bonds is 8. The second-order valence-corrected chi connectivity index (χ2v) is 13.0. The Morgan fingerprint density at radius 1 is 1.17 bits per heavy atom. The molecule has 1 N–H and O–H groups in total. The molecule has 3 rings (SSSR count). The lowest BCUT2D eigenvalue weighted by molar-refractivity contribution is -0.134. The average Bonchev–Trinajstić information content (AvgIpc) is 2.85. The molecule has 2 fully saturated rings. The number of hydrogen-bond acceptors (Lipinski definition) is 4. The average molecular weight is 518 g/mol. The van der Waals surface area contributed by atoms with Crippen LogP contribution in [-0.2, 0) is 10.2 Å². The molecule has 0 aromatic heterocycles. The summed E-state index contributed by atoms with van der Waals surface area (Å²) in [6, 6.07) is 9.56. The molecule has 1 aromatic rings. The van der Waals surface area contributed by atoms with Gasteiger partial charge in [0.05, 0.1) is 11.9 Å². The van der Waals surface area contributed by atoms with E-state index in [-0.39, 0.29) is 11.3 Å². The Balaban J connectivity index is 0.000000339. The first kappa shape index (κ1) is 32.7. The number of nitrogens with one attached hydrogen (secondary N) is 1. The Hall–Kier alpha value is -1.33. The summed E-state index contributed by atoms with van der Waals surface area (Å²) in [7, 11) is 0. The molecule has 206 valence electrons.